The van der Waals surface area contributed by atoms with Crippen molar-refractivity contribution < 1.29 is 0 Å². The van der Waals surface area contributed by atoms with Gasteiger partial charge in [-0.3, -0.25) is 4.68 Å². The molecule has 5 nitrogen and oxygen atoms in total. The first kappa shape index (κ1) is 14.2. The highest BCUT2D eigenvalue weighted by Gasteiger charge is 2.34. The molecule has 2 aromatic heterocycles. The number of nitrogens with two attached hydrogens (primary N) is 1. The second-order valence-corrected chi connectivity index (χ2v) is 7.29. The van der Waals surface area contributed by atoms with E-state index in [0.29, 0.717) is 12.0 Å². The van der Waals surface area contributed by atoms with E-state index in [1.165, 1.54) is 12.8 Å². The van der Waals surface area contributed by atoms with Gasteiger partial charge in [-0.25, -0.2) is 4.98 Å². The minimum absolute atomic E-state index is 0.0543. The molecule has 1 fully saturated rings. The van der Waals surface area contributed by atoms with Crippen LogP contribution < -0.4 is 5.73 Å². The molecule has 2 N–H and O–H groups in total. The summed E-state index contributed by atoms with van der Waals surface area (Å²) >= 11 is 0. The first-order valence-electron chi connectivity index (χ1n) is 7.72. The molecule has 1 aliphatic rings. The second kappa shape index (κ2) is 4.61. The van der Waals surface area contributed by atoms with E-state index in [1.54, 1.807) is 0 Å². The lowest BCUT2D eigenvalue weighted by molar-refractivity contribution is 0.388. The Bertz CT molecular complexity index is 653. The summed E-state index contributed by atoms with van der Waals surface area (Å²) in [6, 6.07) is 0.340. The van der Waals surface area contributed by atoms with E-state index in [9.17, 15) is 0 Å². The second-order valence-electron chi connectivity index (χ2n) is 7.29. The highest BCUT2D eigenvalue weighted by molar-refractivity contribution is 5.70. The third-order valence-corrected chi connectivity index (χ3v) is 3.96. The van der Waals surface area contributed by atoms with Gasteiger partial charge >= 0.3 is 0 Å². The van der Waals surface area contributed by atoms with Crippen LogP contribution in [0.4, 0.5) is 5.82 Å². The van der Waals surface area contributed by atoms with Gasteiger partial charge in [0.15, 0.2) is 0 Å². The predicted octanol–water partition coefficient (Wildman–Crippen LogP) is 3.54. The first-order chi connectivity index (χ1) is 9.79. The molecule has 0 aliphatic heterocycles. The van der Waals surface area contributed by atoms with Gasteiger partial charge in [0, 0.05) is 29.3 Å². The van der Waals surface area contributed by atoms with Crippen molar-refractivity contribution in [2.45, 2.75) is 65.0 Å². The summed E-state index contributed by atoms with van der Waals surface area (Å²) in [5, 5.41) is 4.41. The maximum Gasteiger partial charge on any atom is 0.132 e. The van der Waals surface area contributed by atoms with Gasteiger partial charge in [0.2, 0.25) is 0 Å². The Morgan fingerprint density at radius 1 is 1.29 bits per heavy atom. The first-order valence-corrected chi connectivity index (χ1v) is 7.72. The Balaban J connectivity index is 2.10. The fourth-order valence-corrected chi connectivity index (χ4v) is 2.73. The summed E-state index contributed by atoms with van der Waals surface area (Å²) < 4.78 is 4.15. The van der Waals surface area contributed by atoms with Crippen LogP contribution in [-0.2, 0) is 5.54 Å². The Labute approximate surface area is 126 Å². The standard InChI is InChI=1S/C16H25N5/c1-10(2)20-9-12(8-18-20)13-14(17)21(16(3,4)5)15(19-13)11-6-7-11/h8-11H,6-7,17H2,1-5H3. The third-order valence-electron chi connectivity index (χ3n) is 3.96. The lowest BCUT2D eigenvalue weighted by Gasteiger charge is -2.25. The molecular weight excluding hydrogens is 262 g/mol. The summed E-state index contributed by atoms with van der Waals surface area (Å²) in [5.41, 5.74) is 8.26. The number of anilines is 1. The Morgan fingerprint density at radius 3 is 2.43 bits per heavy atom. The van der Waals surface area contributed by atoms with Gasteiger partial charge in [0.1, 0.15) is 17.3 Å². The van der Waals surface area contributed by atoms with E-state index >= 15 is 0 Å². The van der Waals surface area contributed by atoms with Crippen molar-refractivity contribution in [1.82, 2.24) is 19.3 Å². The number of rotatable bonds is 3. The van der Waals surface area contributed by atoms with Crippen molar-refractivity contribution in [3.63, 3.8) is 0 Å². The van der Waals surface area contributed by atoms with Crippen LogP contribution >= 0.6 is 0 Å². The Kier molecular flexibility index (Phi) is 3.11. The van der Waals surface area contributed by atoms with Crippen molar-refractivity contribution in [2.75, 3.05) is 5.73 Å². The maximum absolute atomic E-state index is 6.44. The molecule has 114 valence electrons. The number of nitrogens with zero attached hydrogens (tertiary/aromatic N) is 4. The van der Waals surface area contributed by atoms with Gasteiger partial charge in [0.25, 0.3) is 0 Å². The van der Waals surface area contributed by atoms with Crippen molar-refractivity contribution in [2.24, 2.45) is 0 Å². The maximum atomic E-state index is 6.44. The van der Waals surface area contributed by atoms with Crippen molar-refractivity contribution in [3.8, 4) is 11.3 Å². The van der Waals surface area contributed by atoms with Crippen LogP contribution in [0.15, 0.2) is 12.4 Å². The molecule has 0 radical (unpaired) electrons. The number of hydrogen-bond donors (Lipinski definition) is 1. The van der Waals surface area contributed by atoms with Crippen molar-refractivity contribution >= 4 is 5.82 Å². The quantitative estimate of drug-likeness (QED) is 0.939. The fraction of sp³-hybridized carbons (Fsp3) is 0.625. The minimum atomic E-state index is -0.0543. The molecule has 5 heteroatoms. The topological polar surface area (TPSA) is 61.7 Å². The van der Waals surface area contributed by atoms with Crippen LogP contribution in [-0.4, -0.2) is 19.3 Å². The van der Waals surface area contributed by atoms with Crippen LogP contribution in [0.1, 0.15) is 65.2 Å². The predicted molar refractivity (Wildman–Crippen MR) is 85.2 cm³/mol. The van der Waals surface area contributed by atoms with E-state index in [0.717, 1.165) is 22.9 Å². The molecule has 1 aliphatic carbocycles. The highest BCUT2D eigenvalue weighted by atomic mass is 15.3. The molecule has 21 heavy (non-hydrogen) atoms. The molecule has 2 aromatic rings. The molecular formula is C16H25N5. The van der Waals surface area contributed by atoms with E-state index in [2.05, 4.69) is 44.3 Å². The molecule has 0 aromatic carbocycles. The van der Waals surface area contributed by atoms with Gasteiger partial charge in [-0.1, -0.05) is 0 Å². The molecule has 0 amide bonds. The normalized spacial score (nSPS) is 15.9. The average Bonchev–Trinajstić information content (AvgIpc) is 2.97. The molecule has 0 spiro atoms. The van der Waals surface area contributed by atoms with Crippen LogP contribution in [0, 0.1) is 0 Å². The van der Waals surface area contributed by atoms with E-state index in [-0.39, 0.29) is 5.54 Å². The number of aromatic nitrogens is 4. The zero-order chi connectivity index (χ0) is 15.4. The van der Waals surface area contributed by atoms with E-state index in [1.807, 2.05) is 17.1 Å². The van der Waals surface area contributed by atoms with Gasteiger partial charge in [0.05, 0.1) is 6.20 Å². The summed E-state index contributed by atoms with van der Waals surface area (Å²) in [4.78, 5) is 4.87. The van der Waals surface area contributed by atoms with Crippen LogP contribution in [0.3, 0.4) is 0 Å². The summed E-state index contributed by atoms with van der Waals surface area (Å²) in [6.07, 6.45) is 6.34. The number of imidazole rings is 1. The van der Waals surface area contributed by atoms with Crippen LogP contribution in [0.25, 0.3) is 11.3 Å². The van der Waals surface area contributed by atoms with Gasteiger partial charge < -0.3 is 10.3 Å². The average molecular weight is 287 g/mol. The SMILES string of the molecule is CC(C)n1cc(-c2nc(C3CC3)n(C(C)(C)C)c2N)cn1. The Hall–Kier alpha value is -1.78. The molecule has 1 saturated carbocycles. The molecule has 3 rings (SSSR count). The van der Waals surface area contributed by atoms with E-state index in [4.69, 9.17) is 10.7 Å². The van der Waals surface area contributed by atoms with Crippen LogP contribution in [0.5, 0.6) is 0 Å². The summed E-state index contributed by atoms with van der Waals surface area (Å²) in [6.45, 7) is 10.8. The lowest BCUT2D eigenvalue weighted by Crippen LogP contribution is -2.25. The zero-order valence-electron chi connectivity index (χ0n) is 13.6. The van der Waals surface area contributed by atoms with Gasteiger partial charge in [-0.2, -0.15) is 5.10 Å². The number of nitrogen functional groups attached to an aromatic ring is 1. The molecule has 2 heterocycles. The smallest absolute Gasteiger partial charge is 0.132 e. The molecule has 0 bridgehead atoms. The van der Waals surface area contributed by atoms with Crippen molar-refractivity contribution in [1.29, 1.82) is 0 Å². The fourth-order valence-electron chi connectivity index (χ4n) is 2.73. The van der Waals surface area contributed by atoms with Crippen molar-refractivity contribution in [3.05, 3.63) is 18.2 Å². The summed E-state index contributed by atoms with van der Waals surface area (Å²) in [7, 11) is 0. The largest absolute Gasteiger partial charge is 0.383 e. The molecule has 0 atom stereocenters. The molecule has 0 saturated heterocycles. The lowest BCUT2D eigenvalue weighted by atomic mass is 10.1. The molecule has 0 unspecified atom stereocenters. The summed E-state index contributed by atoms with van der Waals surface area (Å²) in [5.74, 6) is 2.46. The third kappa shape index (κ3) is 2.45. The van der Waals surface area contributed by atoms with Gasteiger partial charge in [-0.15, -0.1) is 0 Å². The number of hydrogen-bond acceptors (Lipinski definition) is 3. The zero-order valence-corrected chi connectivity index (χ0v) is 13.6. The monoisotopic (exact) mass is 287 g/mol. The van der Waals surface area contributed by atoms with Crippen LogP contribution in [0.2, 0.25) is 0 Å². The Morgan fingerprint density at radius 2 is 1.95 bits per heavy atom. The van der Waals surface area contributed by atoms with E-state index < -0.39 is 0 Å². The van der Waals surface area contributed by atoms with Gasteiger partial charge in [-0.05, 0) is 47.5 Å². The minimum Gasteiger partial charge on any atom is -0.383 e. The highest BCUT2D eigenvalue weighted by Crippen LogP contribution is 2.44.